The summed E-state index contributed by atoms with van der Waals surface area (Å²) in [5.74, 6) is 0.647. The van der Waals surface area contributed by atoms with E-state index >= 15 is 0 Å². The summed E-state index contributed by atoms with van der Waals surface area (Å²) in [7, 11) is 0. The van der Waals surface area contributed by atoms with Crippen molar-refractivity contribution in [2.75, 3.05) is 12.3 Å². The third-order valence-corrected chi connectivity index (χ3v) is 6.73. The monoisotopic (exact) mass is 466 g/mol. The minimum atomic E-state index is -0.180. The van der Waals surface area contributed by atoms with Crippen molar-refractivity contribution in [2.45, 2.75) is 59.0 Å². The Morgan fingerprint density at radius 3 is 2.51 bits per heavy atom. The maximum Gasteiger partial charge on any atom is 0.129 e. The second kappa shape index (κ2) is 9.38. The van der Waals surface area contributed by atoms with Crippen LogP contribution >= 0.6 is 0 Å². The molecule has 0 spiro atoms. The number of pyridine rings is 1. The maximum absolute atomic E-state index is 6.51. The summed E-state index contributed by atoms with van der Waals surface area (Å²) < 4.78 is 6.35. The zero-order valence-electron chi connectivity index (χ0n) is 21.1. The zero-order valence-corrected chi connectivity index (χ0v) is 21.1. The molecule has 0 saturated carbocycles. The molecule has 5 nitrogen and oxygen atoms in total. The third kappa shape index (κ3) is 5.20. The van der Waals surface area contributed by atoms with Crippen LogP contribution in [-0.2, 0) is 11.2 Å². The molecule has 2 unspecified atom stereocenters. The standard InChI is InChI=1S/C30H34N4O/c1-19-7-9-20(10-8-19)21-11-12-26-22(14-21)15-25(29(31)34-26)28-24(6-5-13-35-28)27-16-23(32-18-33-27)17-30(2,3)4/h7-12,14-16,18,24,28H,5-6,13,17H2,1-4H3,(H2,31,34). The van der Waals surface area contributed by atoms with Gasteiger partial charge in [-0.1, -0.05) is 56.7 Å². The van der Waals surface area contributed by atoms with E-state index in [4.69, 9.17) is 15.5 Å². The number of fused-ring (bicyclic) bond motifs is 1. The van der Waals surface area contributed by atoms with Gasteiger partial charge in [-0.05, 0) is 67.0 Å². The molecule has 0 radical (unpaired) electrons. The van der Waals surface area contributed by atoms with Crippen molar-refractivity contribution in [3.05, 3.63) is 83.4 Å². The van der Waals surface area contributed by atoms with Gasteiger partial charge in [-0.3, -0.25) is 0 Å². The van der Waals surface area contributed by atoms with E-state index < -0.39 is 0 Å². The van der Waals surface area contributed by atoms with E-state index in [9.17, 15) is 0 Å². The third-order valence-electron chi connectivity index (χ3n) is 6.73. The first-order valence-electron chi connectivity index (χ1n) is 12.5. The summed E-state index contributed by atoms with van der Waals surface area (Å²) in [6, 6.07) is 19.3. The van der Waals surface area contributed by atoms with Gasteiger partial charge in [0, 0.05) is 29.2 Å². The van der Waals surface area contributed by atoms with Crippen molar-refractivity contribution < 1.29 is 4.74 Å². The summed E-state index contributed by atoms with van der Waals surface area (Å²) in [6.07, 6.45) is 4.41. The molecule has 3 heterocycles. The SMILES string of the molecule is Cc1ccc(-c2ccc3nc(N)c(C4OCCCC4c4cc(CC(C)(C)C)ncn4)cc3c2)cc1. The van der Waals surface area contributed by atoms with Gasteiger partial charge < -0.3 is 10.5 Å². The summed E-state index contributed by atoms with van der Waals surface area (Å²) in [5, 5.41) is 1.07. The number of nitrogen functional groups attached to an aromatic ring is 1. The molecule has 2 atom stereocenters. The van der Waals surface area contributed by atoms with E-state index in [1.54, 1.807) is 6.33 Å². The average Bonchev–Trinajstić information content (AvgIpc) is 2.83. The molecular formula is C30H34N4O. The molecule has 1 saturated heterocycles. The molecule has 0 aliphatic carbocycles. The normalized spacial score (nSPS) is 18.6. The van der Waals surface area contributed by atoms with Crippen LogP contribution in [0.25, 0.3) is 22.0 Å². The summed E-state index contributed by atoms with van der Waals surface area (Å²) in [5.41, 5.74) is 14.2. The number of hydrogen-bond donors (Lipinski definition) is 1. The molecule has 2 aromatic carbocycles. The second-order valence-electron chi connectivity index (χ2n) is 10.9. The Morgan fingerprint density at radius 1 is 0.971 bits per heavy atom. The fourth-order valence-electron chi connectivity index (χ4n) is 5.01. The molecule has 0 bridgehead atoms. The predicted molar refractivity (Wildman–Crippen MR) is 142 cm³/mol. The van der Waals surface area contributed by atoms with E-state index in [0.717, 1.165) is 47.1 Å². The van der Waals surface area contributed by atoms with E-state index in [1.807, 2.05) is 6.07 Å². The van der Waals surface area contributed by atoms with Crippen LogP contribution < -0.4 is 5.73 Å². The van der Waals surface area contributed by atoms with Gasteiger partial charge in [0.05, 0.1) is 17.3 Å². The largest absolute Gasteiger partial charge is 0.383 e. The number of aromatic nitrogens is 3. The van der Waals surface area contributed by atoms with Crippen LogP contribution in [0.3, 0.4) is 0 Å². The first-order chi connectivity index (χ1) is 16.8. The first-order valence-corrected chi connectivity index (χ1v) is 12.5. The summed E-state index contributed by atoms with van der Waals surface area (Å²) >= 11 is 0. The van der Waals surface area contributed by atoms with Gasteiger partial charge in [0.2, 0.25) is 0 Å². The van der Waals surface area contributed by atoms with Gasteiger partial charge in [0.1, 0.15) is 12.1 Å². The van der Waals surface area contributed by atoms with E-state index in [1.165, 1.54) is 16.7 Å². The molecule has 4 aromatic rings. The number of rotatable bonds is 4. The van der Waals surface area contributed by atoms with Crippen molar-refractivity contribution in [1.82, 2.24) is 15.0 Å². The van der Waals surface area contributed by atoms with Crippen LogP contribution in [-0.4, -0.2) is 21.6 Å². The fourth-order valence-corrected chi connectivity index (χ4v) is 5.01. The topological polar surface area (TPSA) is 73.9 Å². The molecule has 1 aliphatic rings. The van der Waals surface area contributed by atoms with E-state index in [0.29, 0.717) is 12.4 Å². The predicted octanol–water partition coefficient (Wildman–Crippen LogP) is 6.81. The number of ether oxygens (including phenoxy) is 1. The second-order valence-corrected chi connectivity index (χ2v) is 10.9. The Morgan fingerprint density at radius 2 is 1.74 bits per heavy atom. The van der Waals surface area contributed by atoms with Crippen molar-refractivity contribution in [3.63, 3.8) is 0 Å². The minimum absolute atomic E-state index is 0.118. The van der Waals surface area contributed by atoms with Crippen LogP contribution in [0.4, 0.5) is 5.82 Å². The number of anilines is 1. The van der Waals surface area contributed by atoms with Gasteiger partial charge in [0.15, 0.2) is 0 Å². The molecule has 2 N–H and O–H groups in total. The highest BCUT2D eigenvalue weighted by atomic mass is 16.5. The van der Waals surface area contributed by atoms with Gasteiger partial charge in [-0.25, -0.2) is 15.0 Å². The Kier molecular flexibility index (Phi) is 6.28. The highest BCUT2D eigenvalue weighted by molar-refractivity contribution is 5.86. The molecule has 180 valence electrons. The molecule has 5 rings (SSSR count). The van der Waals surface area contributed by atoms with Gasteiger partial charge in [0.25, 0.3) is 0 Å². The highest BCUT2D eigenvalue weighted by Gasteiger charge is 2.32. The lowest BCUT2D eigenvalue weighted by Gasteiger charge is -2.32. The maximum atomic E-state index is 6.51. The van der Waals surface area contributed by atoms with Crippen LogP contribution in [0.15, 0.2) is 60.9 Å². The number of nitrogens with two attached hydrogens (primary N) is 1. The van der Waals surface area contributed by atoms with Gasteiger partial charge >= 0.3 is 0 Å². The molecule has 1 fully saturated rings. The Bertz CT molecular complexity index is 1340. The molecule has 2 aromatic heterocycles. The number of aryl methyl sites for hydroxylation is 1. The quantitative estimate of drug-likeness (QED) is 0.358. The molecule has 1 aliphatic heterocycles. The summed E-state index contributed by atoms with van der Waals surface area (Å²) in [4.78, 5) is 14.0. The zero-order chi connectivity index (χ0) is 24.6. The Labute approximate surface area is 207 Å². The average molecular weight is 467 g/mol. The molecule has 5 heteroatoms. The molecule has 0 amide bonds. The van der Waals surface area contributed by atoms with Gasteiger partial charge in [-0.2, -0.15) is 0 Å². The lowest BCUT2D eigenvalue weighted by molar-refractivity contribution is -0.00298. The lowest BCUT2D eigenvalue weighted by atomic mass is 9.85. The lowest BCUT2D eigenvalue weighted by Crippen LogP contribution is -2.23. The Hall–Kier alpha value is -3.31. The minimum Gasteiger partial charge on any atom is -0.383 e. The van der Waals surface area contributed by atoms with Crippen LogP contribution in [0.1, 0.15) is 68.1 Å². The van der Waals surface area contributed by atoms with E-state index in [-0.39, 0.29) is 17.4 Å². The number of nitrogens with zero attached hydrogens (tertiary/aromatic N) is 3. The fraction of sp³-hybridized carbons (Fsp3) is 0.367. The van der Waals surface area contributed by atoms with E-state index in [2.05, 4.69) is 86.2 Å². The van der Waals surface area contributed by atoms with Crippen LogP contribution in [0.2, 0.25) is 0 Å². The van der Waals surface area contributed by atoms with Crippen molar-refractivity contribution in [3.8, 4) is 11.1 Å². The first kappa shape index (κ1) is 23.4. The van der Waals surface area contributed by atoms with Crippen LogP contribution in [0, 0.1) is 12.3 Å². The molecule has 35 heavy (non-hydrogen) atoms. The Balaban J connectivity index is 1.52. The van der Waals surface area contributed by atoms with Crippen molar-refractivity contribution >= 4 is 16.7 Å². The van der Waals surface area contributed by atoms with Gasteiger partial charge in [-0.15, -0.1) is 0 Å². The smallest absolute Gasteiger partial charge is 0.129 e. The molecular weight excluding hydrogens is 432 g/mol. The van der Waals surface area contributed by atoms with Crippen LogP contribution in [0.5, 0.6) is 0 Å². The van der Waals surface area contributed by atoms with Crippen molar-refractivity contribution in [2.24, 2.45) is 5.41 Å². The highest BCUT2D eigenvalue weighted by Crippen LogP contribution is 2.42. The summed E-state index contributed by atoms with van der Waals surface area (Å²) in [6.45, 7) is 9.50. The number of hydrogen-bond acceptors (Lipinski definition) is 5. The van der Waals surface area contributed by atoms with Crippen molar-refractivity contribution in [1.29, 1.82) is 0 Å². The number of benzene rings is 2.